The minimum absolute atomic E-state index is 0.0319. The summed E-state index contributed by atoms with van der Waals surface area (Å²) in [5.74, 6) is -0.516. The fourth-order valence-corrected chi connectivity index (χ4v) is 5.04. The predicted octanol–water partition coefficient (Wildman–Crippen LogP) is 4.56. The molecule has 0 aliphatic carbocycles. The molecule has 0 radical (unpaired) electrons. The molecule has 1 fully saturated rings. The van der Waals surface area contributed by atoms with Crippen LogP contribution in [0.25, 0.3) is 0 Å². The molecule has 9 nitrogen and oxygen atoms in total. The van der Waals surface area contributed by atoms with Crippen molar-refractivity contribution in [3.8, 4) is 23.0 Å². The van der Waals surface area contributed by atoms with Crippen molar-refractivity contribution in [1.82, 2.24) is 0 Å². The second-order valence-corrected chi connectivity index (χ2v) is 9.29. The SMILES string of the molecule is COc1cc(C[C@H]2[C@@H](OC)OC[C@@H]2[C@H](OC(=O)[C@@H](OC)c2ccccc2)c2ccc(O)c(OC)c2)ccc1O. The van der Waals surface area contributed by atoms with Crippen molar-refractivity contribution in [2.45, 2.75) is 24.9 Å². The number of aromatic hydroxyl groups is 2. The summed E-state index contributed by atoms with van der Waals surface area (Å²) in [7, 11) is 5.97. The number of phenols is 2. The van der Waals surface area contributed by atoms with Gasteiger partial charge in [-0.3, -0.25) is 0 Å². The van der Waals surface area contributed by atoms with Gasteiger partial charge in [0.2, 0.25) is 0 Å². The van der Waals surface area contributed by atoms with Gasteiger partial charge in [-0.15, -0.1) is 0 Å². The van der Waals surface area contributed by atoms with Gasteiger partial charge in [-0.05, 0) is 47.4 Å². The van der Waals surface area contributed by atoms with Gasteiger partial charge < -0.3 is 38.6 Å². The molecule has 4 rings (SSSR count). The van der Waals surface area contributed by atoms with E-state index < -0.39 is 24.5 Å². The molecule has 0 saturated carbocycles. The van der Waals surface area contributed by atoms with Crippen LogP contribution in [0.3, 0.4) is 0 Å². The predicted molar refractivity (Wildman–Crippen MR) is 142 cm³/mol. The number of carbonyl (C=O) groups excluding carboxylic acids is 1. The van der Waals surface area contributed by atoms with E-state index in [1.807, 2.05) is 18.2 Å². The number of methoxy groups -OCH3 is 4. The van der Waals surface area contributed by atoms with Crippen molar-refractivity contribution in [3.63, 3.8) is 0 Å². The molecule has 39 heavy (non-hydrogen) atoms. The van der Waals surface area contributed by atoms with Crippen LogP contribution in [0.5, 0.6) is 23.0 Å². The Morgan fingerprint density at radius 1 is 0.897 bits per heavy atom. The highest BCUT2D eigenvalue weighted by Crippen LogP contribution is 2.44. The third-order valence-corrected chi connectivity index (χ3v) is 7.02. The molecule has 0 amide bonds. The Balaban J connectivity index is 1.71. The van der Waals surface area contributed by atoms with Crippen LogP contribution in [0.2, 0.25) is 0 Å². The lowest BCUT2D eigenvalue weighted by Gasteiger charge is -2.30. The summed E-state index contributed by atoms with van der Waals surface area (Å²) < 4.78 is 34.0. The molecule has 1 saturated heterocycles. The van der Waals surface area contributed by atoms with Gasteiger partial charge in [0, 0.05) is 26.1 Å². The van der Waals surface area contributed by atoms with Crippen molar-refractivity contribution in [3.05, 3.63) is 83.4 Å². The molecule has 3 aromatic rings. The van der Waals surface area contributed by atoms with Crippen molar-refractivity contribution < 1.29 is 43.4 Å². The number of rotatable bonds is 11. The first-order valence-electron chi connectivity index (χ1n) is 12.6. The summed E-state index contributed by atoms with van der Waals surface area (Å²) in [6.07, 6.45) is -1.79. The summed E-state index contributed by atoms with van der Waals surface area (Å²) in [5, 5.41) is 20.3. The smallest absolute Gasteiger partial charge is 0.340 e. The number of phenolic OH excluding ortho intramolecular Hbond substituents is 2. The van der Waals surface area contributed by atoms with E-state index in [0.717, 1.165) is 5.56 Å². The Labute approximate surface area is 227 Å². The molecule has 0 spiro atoms. The van der Waals surface area contributed by atoms with Gasteiger partial charge in [0.25, 0.3) is 0 Å². The van der Waals surface area contributed by atoms with E-state index >= 15 is 0 Å². The number of ether oxygens (including phenoxy) is 6. The molecular formula is C30H34O9. The van der Waals surface area contributed by atoms with Crippen LogP contribution < -0.4 is 9.47 Å². The van der Waals surface area contributed by atoms with Crippen LogP contribution in [0, 0.1) is 11.8 Å². The standard InChI is InChI=1S/C30H34O9/c1-34-25-15-18(10-12-23(25)31)14-21-22(17-38-30(21)37-4)27(20-11-13-24(32)26(16-20)35-2)39-29(33)28(36-3)19-8-6-5-7-9-19/h5-13,15-16,21-22,27-28,30-32H,14,17H2,1-4H3/t21-,22+,27-,28+,30+/m1/s1. The van der Waals surface area contributed by atoms with Crippen LogP contribution in [0.1, 0.15) is 28.9 Å². The number of hydrogen-bond acceptors (Lipinski definition) is 9. The first kappa shape index (κ1) is 28.2. The summed E-state index contributed by atoms with van der Waals surface area (Å²) >= 11 is 0. The maximum absolute atomic E-state index is 13.5. The third kappa shape index (κ3) is 6.27. The lowest BCUT2D eigenvalue weighted by atomic mass is 9.82. The number of benzene rings is 3. The van der Waals surface area contributed by atoms with Crippen LogP contribution >= 0.6 is 0 Å². The summed E-state index contributed by atoms with van der Waals surface area (Å²) in [6, 6.07) is 19.1. The minimum Gasteiger partial charge on any atom is -0.504 e. The average Bonchev–Trinajstić information content (AvgIpc) is 3.36. The van der Waals surface area contributed by atoms with E-state index in [-0.39, 0.29) is 35.7 Å². The Morgan fingerprint density at radius 2 is 1.56 bits per heavy atom. The zero-order chi connectivity index (χ0) is 27.9. The molecule has 1 heterocycles. The molecule has 5 atom stereocenters. The lowest BCUT2D eigenvalue weighted by molar-refractivity contribution is -0.166. The zero-order valence-electron chi connectivity index (χ0n) is 22.4. The minimum atomic E-state index is -0.937. The largest absolute Gasteiger partial charge is 0.504 e. The summed E-state index contributed by atoms with van der Waals surface area (Å²) in [4.78, 5) is 13.5. The number of esters is 1. The average molecular weight is 539 g/mol. The topological polar surface area (TPSA) is 113 Å². The van der Waals surface area contributed by atoms with Gasteiger partial charge >= 0.3 is 5.97 Å². The summed E-state index contributed by atoms with van der Waals surface area (Å²) in [5.41, 5.74) is 2.18. The zero-order valence-corrected chi connectivity index (χ0v) is 22.4. The van der Waals surface area contributed by atoms with Crippen molar-refractivity contribution in [1.29, 1.82) is 0 Å². The Bertz CT molecular complexity index is 1250. The van der Waals surface area contributed by atoms with Crippen molar-refractivity contribution >= 4 is 5.97 Å². The lowest BCUT2D eigenvalue weighted by Crippen LogP contribution is -2.31. The quantitative estimate of drug-likeness (QED) is 0.339. The molecule has 0 bridgehead atoms. The number of hydrogen-bond donors (Lipinski definition) is 2. The van der Waals surface area contributed by atoms with Crippen LogP contribution in [-0.4, -0.2) is 57.5 Å². The second kappa shape index (κ2) is 12.8. The maximum Gasteiger partial charge on any atom is 0.340 e. The molecular weight excluding hydrogens is 504 g/mol. The fraction of sp³-hybridized carbons (Fsp3) is 0.367. The first-order chi connectivity index (χ1) is 18.9. The molecule has 208 valence electrons. The van der Waals surface area contributed by atoms with E-state index in [1.54, 1.807) is 49.6 Å². The van der Waals surface area contributed by atoms with E-state index in [4.69, 9.17) is 28.4 Å². The molecule has 1 aliphatic heterocycles. The molecule has 0 unspecified atom stereocenters. The van der Waals surface area contributed by atoms with Gasteiger partial charge in [-0.25, -0.2) is 4.79 Å². The summed E-state index contributed by atoms with van der Waals surface area (Å²) in [6.45, 7) is 0.252. The molecule has 2 N–H and O–H groups in total. The second-order valence-electron chi connectivity index (χ2n) is 9.29. The highest BCUT2D eigenvalue weighted by atomic mass is 16.7. The Hall–Kier alpha value is -3.79. The third-order valence-electron chi connectivity index (χ3n) is 7.02. The van der Waals surface area contributed by atoms with Gasteiger partial charge in [0.15, 0.2) is 35.4 Å². The van der Waals surface area contributed by atoms with Gasteiger partial charge in [-0.2, -0.15) is 0 Å². The van der Waals surface area contributed by atoms with Gasteiger partial charge in [-0.1, -0.05) is 42.5 Å². The Kier molecular flexibility index (Phi) is 9.29. The molecule has 3 aromatic carbocycles. The van der Waals surface area contributed by atoms with Crippen LogP contribution in [0.4, 0.5) is 0 Å². The van der Waals surface area contributed by atoms with E-state index in [0.29, 0.717) is 23.3 Å². The highest BCUT2D eigenvalue weighted by molar-refractivity contribution is 5.77. The van der Waals surface area contributed by atoms with Gasteiger partial charge in [0.1, 0.15) is 6.10 Å². The Morgan fingerprint density at radius 3 is 2.21 bits per heavy atom. The van der Waals surface area contributed by atoms with Crippen molar-refractivity contribution in [2.75, 3.05) is 35.0 Å². The molecule has 0 aromatic heterocycles. The molecule has 1 aliphatic rings. The number of carbonyl (C=O) groups is 1. The fourth-order valence-electron chi connectivity index (χ4n) is 5.04. The highest BCUT2D eigenvalue weighted by Gasteiger charge is 2.45. The van der Waals surface area contributed by atoms with Crippen LogP contribution in [-0.2, 0) is 30.2 Å². The van der Waals surface area contributed by atoms with Crippen molar-refractivity contribution in [2.24, 2.45) is 11.8 Å². The first-order valence-corrected chi connectivity index (χ1v) is 12.6. The van der Waals surface area contributed by atoms with Crippen LogP contribution in [0.15, 0.2) is 66.7 Å². The normalized spacial score (nSPS) is 20.3. The monoisotopic (exact) mass is 538 g/mol. The molecule has 9 heteroatoms. The maximum atomic E-state index is 13.5. The van der Waals surface area contributed by atoms with E-state index in [2.05, 4.69) is 0 Å². The van der Waals surface area contributed by atoms with E-state index in [1.165, 1.54) is 27.4 Å². The van der Waals surface area contributed by atoms with E-state index in [9.17, 15) is 15.0 Å². The van der Waals surface area contributed by atoms with Gasteiger partial charge in [0.05, 0.1) is 20.8 Å².